The lowest BCUT2D eigenvalue weighted by Crippen LogP contribution is -2.23. The Kier molecular flexibility index (Phi) is 5.06. The fraction of sp³-hybridized carbons (Fsp3) is 0.250. The lowest BCUT2D eigenvalue weighted by Gasteiger charge is -2.16. The van der Waals surface area contributed by atoms with Gasteiger partial charge in [-0.1, -0.05) is 0 Å². The Bertz CT molecular complexity index is 974. The third kappa shape index (κ3) is 3.53. The van der Waals surface area contributed by atoms with Crippen molar-refractivity contribution >= 4 is 33.6 Å². The summed E-state index contributed by atoms with van der Waals surface area (Å²) < 4.78 is 5.36. The average Bonchev–Trinajstić information content (AvgIpc) is 3.41. The number of hydrogen-bond donors (Lipinski definition) is 2. The van der Waals surface area contributed by atoms with Crippen LogP contribution in [0.3, 0.4) is 0 Å². The van der Waals surface area contributed by atoms with Crippen LogP contribution >= 0.6 is 22.7 Å². The van der Waals surface area contributed by atoms with Crippen molar-refractivity contribution in [3.8, 4) is 5.75 Å². The van der Waals surface area contributed by atoms with E-state index in [-0.39, 0.29) is 6.04 Å². The zero-order valence-electron chi connectivity index (χ0n) is 14.8. The van der Waals surface area contributed by atoms with Crippen LogP contribution in [0.25, 0.3) is 10.9 Å². The van der Waals surface area contributed by atoms with E-state index in [1.807, 2.05) is 17.6 Å². The van der Waals surface area contributed by atoms with Gasteiger partial charge >= 0.3 is 0 Å². The lowest BCUT2D eigenvalue weighted by molar-refractivity contribution is 0.415. The molecule has 0 saturated carbocycles. The predicted octanol–water partition coefficient (Wildman–Crippen LogP) is 5.08. The minimum absolute atomic E-state index is 0.213. The molecule has 4 aromatic rings. The molecular weight excluding hydrogens is 362 g/mol. The Labute approximate surface area is 160 Å². The number of nitrogens with one attached hydrogen (secondary N) is 2. The Morgan fingerprint density at radius 2 is 2.19 bits per heavy atom. The number of methoxy groups -OCH3 is 1. The molecule has 26 heavy (non-hydrogen) atoms. The number of ether oxygens (including phenoxy) is 1. The van der Waals surface area contributed by atoms with E-state index in [1.165, 1.54) is 22.2 Å². The summed E-state index contributed by atoms with van der Waals surface area (Å²) in [5.74, 6) is 0.886. The van der Waals surface area contributed by atoms with Crippen molar-refractivity contribution in [3.63, 3.8) is 0 Å². The topological polar surface area (TPSA) is 49.9 Å². The predicted molar refractivity (Wildman–Crippen MR) is 109 cm³/mol. The van der Waals surface area contributed by atoms with E-state index >= 15 is 0 Å². The van der Waals surface area contributed by atoms with Crippen molar-refractivity contribution in [2.24, 2.45) is 0 Å². The molecule has 0 aliphatic heterocycles. The van der Waals surface area contributed by atoms with Crippen LogP contribution in [0, 0.1) is 6.92 Å². The summed E-state index contributed by atoms with van der Waals surface area (Å²) in [6, 6.07) is 8.56. The molecule has 0 aliphatic carbocycles. The third-order valence-corrected chi connectivity index (χ3v) is 6.28. The molecule has 4 nitrogen and oxygen atoms in total. The van der Waals surface area contributed by atoms with Gasteiger partial charge in [0.2, 0.25) is 0 Å². The van der Waals surface area contributed by atoms with Crippen LogP contribution < -0.4 is 10.1 Å². The normalized spacial score (nSPS) is 12.5. The van der Waals surface area contributed by atoms with Crippen LogP contribution in [0.4, 0.5) is 0 Å². The van der Waals surface area contributed by atoms with E-state index in [0.717, 1.165) is 29.2 Å². The van der Waals surface area contributed by atoms with E-state index in [4.69, 9.17) is 4.74 Å². The largest absolute Gasteiger partial charge is 0.497 e. The van der Waals surface area contributed by atoms with Crippen LogP contribution in [0.15, 0.2) is 46.6 Å². The summed E-state index contributed by atoms with van der Waals surface area (Å²) in [5.41, 5.74) is 4.96. The highest BCUT2D eigenvalue weighted by atomic mass is 32.1. The molecule has 0 spiro atoms. The highest BCUT2D eigenvalue weighted by Crippen LogP contribution is 2.27. The minimum atomic E-state index is 0.213. The number of aromatic amines is 1. The molecule has 0 aliphatic rings. The summed E-state index contributed by atoms with van der Waals surface area (Å²) in [4.78, 5) is 8.07. The number of rotatable bonds is 7. The lowest BCUT2D eigenvalue weighted by atomic mass is 10.1. The van der Waals surface area contributed by atoms with Gasteiger partial charge in [-0.15, -0.1) is 11.3 Å². The summed E-state index contributed by atoms with van der Waals surface area (Å²) >= 11 is 3.44. The maximum absolute atomic E-state index is 5.36. The van der Waals surface area contributed by atoms with Gasteiger partial charge in [0, 0.05) is 34.7 Å². The van der Waals surface area contributed by atoms with E-state index in [2.05, 4.69) is 51.2 Å². The minimum Gasteiger partial charge on any atom is -0.497 e. The molecule has 0 unspecified atom stereocenters. The molecule has 1 atom stereocenters. The summed E-state index contributed by atoms with van der Waals surface area (Å²) in [7, 11) is 1.70. The van der Waals surface area contributed by atoms with Crippen molar-refractivity contribution < 1.29 is 4.74 Å². The molecule has 4 rings (SSSR count). The molecule has 3 aromatic heterocycles. The average molecular weight is 384 g/mol. The highest BCUT2D eigenvalue weighted by molar-refractivity contribution is 7.09. The van der Waals surface area contributed by atoms with Gasteiger partial charge in [0.1, 0.15) is 10.8 Å². The summed E-state index contributed by atoms with van der Waals surface area (Å²) in [5, 5.41) is 12.4. The molecule has 0 radical (unpaired) electrons. The monoisotopic (exact) mass is 383 g/mol. The molecule has 6 heteroatoms. The van der Waals surface area contributed by atoms with Gasteiger partial charge in [0.15, 0.2) is 0 Å². The van der Waals surface area contributed by atoms with Crippen molar-refractivity contribution in [2.75, 3.05) is 7.11 Å². The highest BCUT2D eigenvalue weighted by Gasteiger charge is 2.16. The molecule has 1 aromatic carbocycles. The second-order valence-electron chi connectivity index (χ2n) is 6.28. The Balaban J connectivity index is 1.55. The first kappa shape index (κ1) is 17.3. The SMILES string of the molecule is COc1ccc2[nH]c(CN[C@H](Cc3ccsc3)c3nccs3)c(C)c2c1. The molecule has 3 heterocycles. The van der Waals surface area contributed by atoms with Gasteiger partial charge in [-0.3, -0.25) is 0 Å². The first-order valence-electron chi connectivity index (χ1n) is 8.53. The van der Waals surface area contributed by atoms with Gasteiger partial charge in [-0.05, 0) is 59.5 Å². The van der Waals surface area contributed by atoms with Crippen molar-refractivity contribution in [1.29, 1.82) is 0 Å². The number of H-pyrrole nitrogens is 1. The maximum Gasteiger partial charge on any atom is 0.119 e. The fourth-order valence-electron chi connectivity index (χ4n) is 3.19. The maximum atomic E-state index is 5.36. The van der Waals surface area contributed by atoms with Crippen LogP contribution in [0.5, 0.6) is 5.75 Å². The number of thiazole rings is 1. The molecule has 0 saturated heterocycles. The number of thiophene rings is 1. The summed E-state index contributed by atoms with van der Waals surface area (Å²) in [6.45, 7) is 2.93. The Morgan fingerprint density at radius 1 is 1.27 bits per heavy atom. The zero-order chi connectivity index (χ0) is 17.9. The first-order valence-corrected chi connectivity index (χ1v) is 10.4. The molecular formula is C20H21N3OS2. The van der Waals surface area contributed by atoms with Gasteiger partial charge in [-0.2, -0.15) is 11.3 Å². The van der Waals surface area contributed by atoms with Crippen molar-refractivity contribution in [2.45, 2.75) is 25.9 Å². The van der Waals surface area contributed by atoms with E-state index in [1.54, 1.807) is 29.8 Å². The number of nitrogens with zero attached hydrogens (tertiary/aromatic N) is 1. The number of fused-ring (bicyclic) bond motifs is 1. The Hall–Kier alpha value is -2.15. The number of benzene rings is 1. The number of hydrogen-bond acceptors (Lipinski definition) is 5. The van der Waals surface area contributed by atoms with E-state index in [0.29, 0.717) is 0 Å². The van der Waals surface area contributed by atoms with Crippen LogP contribution in [-0.2, 0) is 13.0 Å². The van der Waals surface area contributed by atoms with E-state index < -0.39 is 0 Å². The second-order valence-corrected chi connectivity index (χ2v) is 7.99. The van der Waals surface area contributed by atoms with Crippen LogP contribution in [-0.4, -0.2) is 17.1 Å². The Morgan fingerprint density at radius 3 is 2.92 bits per heavy atom. The molecule has 134 valence electrons. The van der Waals surface area contributed by atoms with Crippen molar-refractivity contribution in [3.05, 3.63) is 68.4 Å². The molecule has 0 amide bonds. The van der Waals surface area contributed by atoms with Gasteiger partial charge in [0.25, 0.3) is 0 Å². The molecule has 0 bridgehead atoms. The number of aromatic nitrogens is 2. The third-order valence-electron chi connectivity index (χ3n) is 4.66. The van der Waals surface area contributed by atoms with Gasteiger partial charge in [0.05, 0.1) is 13.2 Å². The van der Waals surface area contributed by atoms with Crippen molar-refractivity contribution in [1.82, 2.24) is 15.3 Å². The van der Waals surface area contributed by atoms with E-state index in [9.17, 15) is 0 Å². The molecule has 0 fully saturated rings. The first-order chi connectivity index (χ1) is 12.7. The molecule has 2 N–H and O–H groups in total. The standard InChI is InChI=1S/C20H21N3OS2/c1-13-16-10-15(24-2)3-4-17(16)23-19(13)11-22-18(20-21-6-8-26-20)9-14-5-7-25-12-14/h3-8,10,12,18,22-23H,9,11H2,1-2H3/t18-/m1/s1. The second kappa shape index (κ2) is 7.61. The zero-order valence-corrected chi connectivity index (χ0v) is 16.4. The van der Waals surface area contributed by atoms with Gasteiger partial charge < -0.3 is 15.0 Å². The van der Waals surface area contributed by atoms with Gasteiger partial charge in [-0.25, -0.2) is 4.98 Å². The quantitative estimate of drug-likeness (QED) is 0.468. The van der Waals surface area contributed by atoms with Crippen LogP contribution in [0.2, 0.25) is 0 Å². The smallest absolute Gasteiger partial charge is 0.119 e. The summed E-state index contributed by atoms with van der Waals surface area (Å²) in [6.07, 6.45) is 2.83. The van der Waals surface area contributed by atoms with Crippen LogP contribution in [0.1, 0.15) is 27.9 Å². The fourth-order valence-corrected chi connectivity index (χ4v) is 4.58. The number of aryl methyl sites for hydroxylation is 1.